The van der Waals surface area contributed by atoms with E-state index in [9.17, 15) is 19.5 Å². The van der Waals surface area contributed by atoms with Crippen LogP contribution in [-0.2, 0) is 16.1 Å². The molecule has 0 spiro atoms. The maximum absolute atomic E-state index is 13.6. The van der Waals surface area contributed by atoms with E-state index in [0.29, 0.717) is 6.42 Å². The fourth-order valence-electron chi connectivity index (χ4n) is 4.72. The van der Waals surface area contributed by atoms with Crippen molar-refractivity contribution in [2.45, 2.75) is 78.6 Å². The Labute approximate surface area is 231 Å². The molecule has 0 aliphatic rings. The summed E-state index contributed by atoms with van der Waals surface area (Å²) in [4.78, 5) is 45.3. The van der Waals surface area contributed by atoms with E-state index in [1.54, 1.807) is 13.3 Å². The summed E-state index contributed by atoms with van der Waals surface area (Å²) >= 11 is 0. The van der Waals surface area contributed by atoms with Crippen molar-refractivity contribution >= 4 is 17.8 Å². The number of aromatic nitrogens is 2. The molecular weight excluding hydrogens is 492 g/mol. The van der Waals surface area contributed by atoms with Crippen molar-refractivity contribution in [1.29, 1.82) is 0 Å². The highest BCUT2D eigenvalue weighted by molar-refractivity contribution is 6.38. The molecule has 0 aliphatic heterocycles. The van der Waals surface area contributed by atoms with Gasteiger partial charge in [0, 0.05) is 18.3 Å². The molecule has 8 heteroatoms. The lowest BCUT2D eigenvalue weighted by Crippen LogP contribution is -2.58. The minimum Gasteiger partial charge on any atom is -0.465 e. The first kappa shape index (κ1) is 29.6. The van der Waals surface area contributed by atoms with Gasteiger partial charge in [-0.15, -0.1) is 0 Å². The number of benzene rings is 2. The van der Waals surface area contributed by atoms with Crippen molar-refractivity contribution in [3.63, 3.8) is 0 Å². The van der Waals surface area contributed by atoms with Crippen LogP contribution in [-0.4, -0.2) is 49.4 Å². The van der Waals surface area contributed by atoms with E-state index >= 15 is 0 Å². The van der Waals surface area contributed by atoms with Crippen molar-refractivity contribution < 1.29 is 19.5 Å². The molecule has 2 N–H and O–H groups in total. The number of carbonyl (C=O) groups is 3. The van der Waals surface area contributed by atoms with Gasteiger partial charge in [0.15, 0.2) is 0 Å². The highest BCUT2D eigenvalue weighted by Crippen LogP contribution is 2.30. The summed E-state index contributed by atoms with van der Waals surface area (Å²) in [6, 6.07) is 17.0. The number of rotatable bonds is 12. The number of nitrogens with one attached hydrogen (secondary N) is 1. The molecule has 208 valence electrons. The van der Waals surface area contributed by atoms with E-state index in [1.807, 2.05) is 99.1 Å². The Bertz CT molecular complexity index is 1230. The SMILES string of the molecule is CCCC[C@@H](C(=O)C(=O)N[C@H](C)c1ccccc1)N(C(=O)O)[C@@H](Cn1cnc(-c2ccccc2)c1)C(C)(C)C. The van der Waals surface area contributed by atoms with Crippen LogP contribution in [0, 0.1) is 5.41 Å². The lowest BCUT2D eigenvalue weighted by molar-refractivity contribution is -0.142. The molecule has 3 rings (SSSR count). The molecular formula is C31H40N4O4. The molecule has 2 amide bonds. The fourth-order valence-corrected chi connectivity index (χ4v) is 4.72. The summed E-state index contributed by atoms with van der Waals surface area (Å²) < 4.78 is 1.85. The highest BCUT2D eigenvalue weighted by atomic mass is 16.4. The van der Waals surface area contributed by atoms with Crippen molar-refractivity contribution in [2.24, 2.45) is 5.41 Å². The van der Waals surface area contributed by atoms with Crippen molar-refractivity contribution in [1.82, 2.24) is 19.8 Å². The van der Waals surface area contributed by atoms with Gasteiger partial charge in [0.1, 0.15) is 6.04 Å². The first-order chi connectivity index (χ1) is 18.5. The van der Waals surface area contributed by atoms with Crippen molar-refractivity contribution in [3.05, 3.63) is 78.8 Å². The number of carbonyl (C=O) groups excluding carboxylic acids is 2. The van der Waals surface area contributed by atoms with E-state index < -0.39 is 41.3 Å². The summed E-state index contributed by atoms with van der Waals surface area (Å²) in [5, 5.41) is 13.2. The van der Waals surface area contributed by atoms with Crippen LogP contribution >= 0.6 is 0 Å². The van der Waals surface area contributed by atoms with Crippen LogP contribution in [0.15, 0.2) is 73.2 Å². The molecule has 3 atom stereocenters. The monoisotopic (exact) mass is 532 g/mol. The van der Waals surface area contributed by atoms with Gasteiger partial charge >= 0.3 is 6.09 Å². The molecule has 39 heavy (non-hydrogen) atoms. The Morgan fingerprint density at radius 1 is 1.03 bits per heavy atom. The van der Waals surface area contributed by atoms with E-state index in [0.717, 1.165) is 23.2 Å². The molecule has 0 unspecified atom stereocenters. The normalized spacial score (nSPS) is 13.8. The molecule has 8 nitrogen and oxygen atoms in total. The summed E-state index contributed by atoms with van der Waals surface area (Å²) in [6.07, 6.45) is 3.98. The third kappa shape index (κ3) is 7.78. The number of amides is 2. The van der Waals surface area contributed by atoms with Gasteiger partial charge in [0.25, 0.3) is 5.91 Å². The number of imidazole rings is 1. The molecule has 3 aromatic rings. The second-order valence-corrected chi connectivity index (χ2v) is 11.0. The van der Waals surface area contributed by atoms with Crippen LogP contribution in [0.3, 0.4) is 0 Å². The quantitative estimate of drug-likeness (QED) is 0.281. The average Bonchev–Trinajstić information content (AvgIpc) is 3.38. The maximum atomic E-state index is 13.6. The Hall–Kier alpha value is -3.94. The van der Waals surface area contributed by atoms with Gasteiger partial charge < -0.3 is 15.0 Å². The molecule has 1 aromatic heterocycles. The van der Waals surface area contributed by atoms with Crippen LogP contribution in [0.5, 0.6) is 0 Å². The summed E-state index contributed by atoms with van der Waals surface area (Å²) in [5.41, 5.74) is 2.06. The van der Waals surface area contributed by atoms with Crippen LogP contribution < -0.4 is 5.32 Å². The van der Waals surface area contributed by atoms with E-state index in [2.05, 4.69) is 10.3 Å². The van der Waals surface area contributed by atoms with Crippen LogP contribution in [0.1, 0.15) is 65.5 Å². The number of Topliss-reactive ketones (excluding diaryl/α,β-unsaturated/α-hetero) is 1. The number of ketones is 1. The Balaban J connectivity index is 1.90. The molecule has 0 saturated heterocycles. The summed E-state index contributed by atoms with van der Waals surface area (Å²) in [5.74, 6) is -1.51. The van der Waals surface area contributed by atoms with Gasteiger partial charge in [-0.25, -0.2) is 9.78 Å². The first-order valence-electron chi connectivity index (χ1n) is 13.5. The molecule has 2 aromatic carbocycles. The van der Waals surface area contributed by atoms with E-state index in [1.165, 1.54) is 4.90 Å². The molecule has 0 radical (unpaired) electrons. The van der Waals surface area contributed by atoms with Crippen LogP contribution in [0.25, 0.3) is 11.3 Å². The lowest BCUT2D eigenvalue weighted by Gasteiger charge is -2.42. The molecule has 0 aliphatic carbocycles. The topological polar surface area (TPSA) is 105 Å². The number of carboxylic acid groups (broad SMARTS) is 1. The van der Waals surface area contributed by atoms with Gasteiger partial charge in [0.2, 0.25) is 5.78 Å². The average molecular weight is 533 g/mol. The van der Waals surface area contributed by atoms with Crippen LogP contribution in [0.4, 0.5) is 4.79 Å². The standard InChI is InChI=1S/C31H40N4O4/c1-6-7-18-26(28(36)29(37)33-22(2)23-14-10-8-11-15-23)35(30(38)39)27(31(3,4)5)20-34-19-25(32-21-34)24-16-12-9-13-17-24/h8-17,19,21-22,26-27H,6-7,18,20H2,1-5H3,(H,33,37)(H,38,39)/t22-,26+,27+/m1/s1. The van der Waals surface area contributed by atoms with Crippen molar-refractivity contribution in [2.75, 3.05) is 0 Å². The lowest BCUT2D eigenvalue weighted by atomic mass is 9.84. The number of hydrogen-bond acceptors (Lipinski definition) is 4. The third-order valence-electron chi connectivity index (χ3n) is 6.98. The van der Waals surface area contributed by atoms with Gasteiger partial charge in [0.05, 0.1) is 24.1 Å². The summed E-state index contributed by atoms with van der Waals surface area (Å²) in [6.45, 7) is 9.90. The predicted octanol–water partition coefficient (Wildman–Crippen LogP) is 5.95. The predicted molar refractivity (Wildman–Crippen MR) is 152 cm³/mol. The minimum absolute atomic E-state index is 0.264. The zero-order valence-electron chi connectivity index (χ0n) is 23.5. The number of nitrogens with zero attached hydrogens (tertiary/aromatic N) is 3. The molecule has 0 fully saturated rings. The van der Waals surface area contributed by atoms with Crippen LogP contribution in [0.2, 0.25) is 0 Å². The summed E-state index contributed by atoms with van der Waals surface area (Å²) in [7, 11) is 0. The second kappa shape index (κ2) is 13.2. The number of hydrogen-bond donors (Lipinski definition) is 2. The second-order valence-electron chi connectivity index (χ2n) is 11.0. The maximum Gasteiger partial charge on any atom is 0.408 e. The minimum atomic E-state index is -1.23. The van der Waals surface area contributed by atoms with E-state index in [4.69, 9.17) is 0 Å². The number of unbranched alkanes of at least 4 members (excludes halogenated alkanes) is 1. The molecule has 0 saturated carbocycles. The van der Waals surface area contributed by atoms with E-state index in [-0.39, 0.29) is 13.0 Å². The zero-order valence-corrected chi connectivity index (χ0v) is 23.5. The first-order valence-corrected chi connectivity index (χ1v) is 13.5. The molecule has 1 heterocycles. The van der Waals surface area contributed by atoms with Gasteiger partial charge in [-0.05, 0) is 24.3 Å². The van der Waals surface area contributed by atoms with Gasteiger partial charge in [-0.3, -0.25) is 14.5 Å². The largest absolute Gasteiger partial charge is 0.465 e. The van der Waals surface area contributed by atoms with Gasteiger partial charge in [-0.1, -0.05) is 101 Å². The molecule has 0 bridgehead atoms. The van der Waals surface area contributed by atoms with Crippen molar-refractivity contribution in [3.8, 4) is 11.3 Å². The van der Waals surface area contributed by atoms with Gasteiger partial charge in [-0.2, -0.15) is 0 Å². The Morgan fingerprint density at radius 3 is 2.21 bits per heavy atom. The third-order valence-corrected chi connectivity index (χ3v) is 6.98. The smallest absolute Gasteiger partial charge is 0.408 e. The zero-order chi connectivity index (χ0) is 28.6. The Morgan fingerprint density at radius 2 is 1.64 bits per heavy atom. The Kier molecular flexibility index (Phi) is 10.0. The highest BCUT2D eigenvalue weighted by Gasteiger charge is 2.42. The fraction of sp³-hybridized carbons (Fsp3) is 0.419.